The van der Waals surface area contributed by atoms with Gasteiger partial charge >= 0.3 is 5.97 Å². The number of ether oxygens (including phenoxy) is 1. The lowest BCUT2D eigenvalue weighted by molar-refractivity contribution is -0.139. The molecule has 1 aromatic rings. The van der Waals surface area contributed by atoms with E-state index in [1.807, 2.05) is 6.07 Å². The van der Waals surface area contributed by atoms with Crippen molar-refractivity contribution in [1.82, 2.24) is 0 Å². The van der Waals surface area contributed by atoms with E-state index in [4.69, 9.17) is 9.84 Å². The van der Waals surface area contributed by atoms with Crippen molar-refractivity contribution >= 4 is 5.97 Å². The molecule has 4 nitrogen and oxygen atoms in total. The van der Waals surface area contributed by atoms with Crippen molar-refractivity contribution in [3.05, 3.63) is 29.8 Å². The smallest absolute Gasteiger partial charge is 0.306 e. The fraction of sp³-hybridized carbons (Fsp3) is 0.562. The van der Waals surface area contributed by atoms with Gasteiger partial charge in [0, 0.05) is 0 Å². The summed E-state index contributed by atoms with van der Waals surface area (Å²) in [5.74, 6) is 0.319. The Labute approximate surface area is 119 Å². The first kappa shape index (κ1) is 14.9. The first-order valence-corrected chi connectivity index (χ1v) is 7.28. The van der Waals surface area contributed by atoms with Crippen molar-refractivity contribution in [3.8, 4) is 5.75 Å². The summed E-state index contributed by atoms with van der Waals surface area (Å²) in [6.45, 7) is 0.707. The maximum Gasteiger partial charge on any atom is 0.306 e. The summed E-state index contributed by atoms with van der Waals surface area (Å²) in [5, 5.41) is 18.5. The zero-order valence-corrected chi connectivity index (χ0v) is 11.6. The average molecular weight is 278 g/mol. The molecule has 0 saturated heterocycles. The predicted octanol–water partition coefficient (Wildman–Crippen LogP) is 3.15. The normalized spacial score (nSPS) is 17.6. The molecule has 1 aliphatic carbocycles. The van der Waals surface area contributed by atoms with Gasteiger partial charge in [0.25, 0.3) is 0 Å². The lowest BCUT2D eigenvalue weighted by atomic mass is 9.90. The van der Waals surface area contributed by atoms with Gasteiger partial charge in [0.05, 0.1) is 19.1 Å². The zero-order chi connectivity index (χ0) is 14.4. The summed E-state index contributed by atoms with van der Waals surface area (Å²) in [6, 6.07) is 7.09. The standard InChI is InChI=1S/C16H22O4/c17-15(10-16(18)19)13-7-4-8-14(9-13)20-11-12-5-2-1-3-6-12/h4,7-9,12,15,17H,1-3,5-6,10-11H2,(H,18,19). The molecule has 1 atom stereocenters. The number of carbonyl (C=O) groups is 1. The highest BCUT2D eigenvalue weighted by atomic mass is 16.5. The van der Waals surface area contributed by atoms with E-state index in [0.29, 0.717) is 23.8 Å². The molecule has 2 N–H and O–H groups in total. The molecule has 1 saturated carbocycles. The average Bonchev–Trinajstić information content (AvgIpc) is 2.46. The van der Waals surface area contributed by atoms with Crippen LogP contribution in [0.1, 0.15) is 50.2 Å². The molecule has 0 aliphatic heterocycles. The van der Waals surface area contributed by atoms with Crippen LogP contribution in [0.4, 0.5) is 0 Å². The lowest BCUT2D eigenvalue weighted by Crippen LogP contribution is -2.15. The molecule has 20 heavy (non-hydrogen) atoms. The summed E-state index contributed by atoms with van der Waals surface area (Å²) >= 11 is 0. The topological polar surface area (TPSA) is 66.8 Å². The number of carboxylic acids is 1. The lowest BCUT2D eigenvalue weighted by Gasteiger charge is -2.22. The van der Waals surface area contributed by atoms with E-state index in [0.717, 1.165) is 0 Å². The van der Waals surface area contributed by atoms with Crippen molar-refractivity contribution in [2.45, 2.75) is 44.6 Å². The maximum atomic E-state index is 10.6. The molecule has 0 spiro atoms. The van der Waals surface area contributed by atoms with Gasteiger partial charge in [-0.25, -0.2) is 0 Å². The van der Waals surface area contributed by atoms with Crippen LogP contribution in [-0.2, 0) is 4.79 Å². The second-order valence-electron chi connectivity index (χ2n) is 5.50. The van der Waals surface area contributed by atoms with Crippen LogP contribution in [0.25, 0.3) is 0 Å². The third-order valence-corrected chi connectivity index (χ3v) is 3.82. The number of aliphatic hydroxyl groups excluding tert-OH is 1. The molecule has 4 heteroatoms. The van der Waals surface area contributed by atoms with E-state index < -0.39 is 12.1 Å². The second-order valence-corrected chi connectivity index (χ2v) is 5.50. The number of rotatable bonds is 6. The van der Waals surface area contributed by atoms with Gasteiger partial charge in [-0.1, -0.05) is 31.4 Å². The Morgan fingerprint density at radius 1 is 1.30 bits per heavy atom. The van der Waals surface area contributed by atoms with Gasteiger partial charge in [-0.15, -0.1) is 0 Å². The summed E-state index contributed by atoms with van der Waals surface area (Å²) in [4.78, 5) is 10.6. The van der Waals surface area contributed by atoms with Crippen molar-refractivity contribution in [2.75, 3.05) is 6.61 Å². The first-order valence-electron chi connectivity index (χ1n) is 7.28. The van der Waals surface area contributed by atoms with Gasteiger partial charge in [-0.05, 0) is 36.5 Å². The monoisotopic (exact) mass is 278 g/mol. The Bertz CT molecular complexity index is 438. The van der Waals surface area contributed by atoms with Crippen LogP contribution in [0.15, 0.2) is 24.3 Å². The highest BCUT2D eigenvalue weighted by molar-refractivity contribution is 5.67. The van der Waals surface area contributed by atoms with Gasteiger partial charge in [-0.3, -0.25) is 4.79 Å². The second kappa shape index (κ2) is 7.29. The van der Waals surface area contributed by atoms with Crippen molar-refractivity contribution in [2.24, 2.45) is 5.92 Å². The summed E-state index contributed by atoms with van der Waals surface area (Å²) in [5.41, 5.74) is 0.591. The number of aliphatic carboxylic acids is 1. The van der Waals surface area contributed by atoms with E-state index in [1.54, 1.807) is 18.2 Å². The number of hydrogen-bond donors (Lipinski definition) is 2. The predicted molar refractivity (Wildman–Crippen MR) is 75.7 cm³/mol. The molecule has 1 fully saturated rings. The minimum Gasteiger partial charge on any atom is -0.493 e. The minimum absolute atomic E-state index is 0.286. The third-order valence-electron chi connectivity index (χ3n) is 3.82. The molecule has 2 rings (SSSR count). The van der Waals surface area contributed by atoms with Crippen LogP contribution in [-0.4, -0.2) is 22.8 Å². The Morgan fingerprint density at radius 2 is 2.05 bits per heavy atom. The fourth-order valence-electron chi connectivity index (χ4n) is 2.66. The number of benzene rings is 1. The molecule has 1 aliphatic rings. The quantitative estimate of drug-likeness (QED) is 0.839. The molecule has 110 valence electrons. The van der Waals surface area contributed by atoms with Crippen LogP contribution in [0, 0.1) is 5.92 Å². The van der Waals surface area contributed by atoms with E-state index in [1.165, 1.54) is 32.1 Å². The third kappa shape index (κ3) is 4.53. The molecule has 1 unspecified atom stereocenters. The first-order chi connectivity index (χ1) is 9.65. The van der Waals surface area contributed by atoms with Gasteiger partial charge < -0.3 is 14.9 Å². The number of hydrogen-bond acceptors (Lipinski definition) is 3. The molecule has 1 aromatic carbocycles. The molecule has 0 amide bonds. The van der Waals surface area contributed by atoms with Gasteiger partial charge in [-0.2, -0.15) is 0 Å². The molecule has 0 heterocycles. The summed E-state index contributed by atoms with van der Waals surface area (Å²) in [7, 11) is 0. The molecule has 0 aromatic heterocycles. The Kier molecular flexibility index (Phi) is 5.41. The van der Waals surface area contributed by atoms with E-state index in [9.17, 15) is 9.90 Å². The van der Waals surface area contributed by atoms with Crippen LogP contribution in [0.5, 0.6) is 5.75 Å². The summed E-state index contributed by atoms with van der Waals surface area (Å²) < 4.78 is 5.78. The van der Waals surface area contributed by atoms with Gasteiger partial charge in [0.15, 0.2) is 0 Å². The SMILES string of the molecule is O=C(O)CC(O)c1cccc(OCC2CCCCC2)c1. The van der Waals surface area contributed by atoms with Crippen LogP contribution >= 0.6 is 0 Å². The summed E-state index contributed by atoms with van der Waals surface area (Å²) in [6.07, 6.45) is 5.07. The van der Waals surface area contributed by atoms with E-state index >= 15 is 0 Å². The van der Waals surface area contributed by atoms with Crippen LogP contribution in [0.3, 0.4) is 0 Å². The van der Waals surface area contributed by atoms with E-state index in [-0.39, 0.29) is 6.42 Å². The largest absolute Gasteiger partial charge is 0.493 e. The van der Waals surface area contributed by atoms with Crippen molar-refractivity contribution < 1.29 is 19.7 Å². The molecular formula is C16H22O4. The van der Waals surface area contributed by atoms with Crippen molar-refractivity contribution in [3.63, 3.8) is 0 Å². The number of carboxylic acid groups (broad SMARTS) is 1. The minimum atomic E-state index is -1.01. The Balaban J connectivity index is 1.89. The Hall–Kier alpha value is -1.55. The van der Waals surface area contributed by atoms with Crippen LogP contribution in [0.2, 0.25) is 0 Å². The molecule has 0 radical (unpaired) electrons. The maximum absolute atomic E-state index is 10.6. The highest BCUT2D eigenvalue weighted by Crippen LogP contribution is 2.26. The van der Waals surface area contributed by atoms with Crippen molar-refractivity contribution in [1.29, 1.82) is 0 Å². The molecular weight excluding hydrogens is 256 g/mol. The fourth-order valence-corrected chi connectivity index (χ4v) is 2.66. The number of aliphatic hydroxyl groups is 1. The highest BCUT2D eigenvalue weighted by Gasteiger charge is 2.15. The van der Waals surface area contributed by atoms with E-state index in [2.05, 4.69) is 0 Å². The zero-order valence-electron chi connectivity index (χ0n) is 11.6. The van der Waals surface area contributed by atoms with Gasteiger partial charge in [0.1, 0.15) is 5.75 Å². The Morgan fingerprint density at radius 3 is 2.75 bits per heavy atom. The molecule has 0 bridgehead atoms. The van der Waals surface area contributed by atoms with Crippen LogP contribution < -0.4 is 4.74 Å². The van der Waals surface area contributed by atoms with Gasteiger partial charge in [0.2, 0.25) is 0 Å².